The fourth-order valence-corrected chi connectivity index (χ4v) is 5.03. The van der Waals surface area contributed by atoms with Crippen molar-refractivity contribution in [2.75, 3.05) is 14.1 Å². The number of fused-ring (bicyclic) bond motifs is 1. The standard InChI is InChI=1S/C14H16N.C14H13P.ClH.Pd/c1-11(15(2)3)13-10-6-8-12-7-4-5-9-14(12)13;1-2-15(13-9-5-3-6-10-13)14-11-7-4-8-12-14;;/h4-9,11H,1-3H3;2-12H,1H2;1H;/q-1;;;+2/p-1/t11-;;;/m1.../s1. The molecule has 168 valence electrons. The molecule has 0 saturated carbocycles. The van der Waals surface area contributed by atoms with Crippen molar-refractivity contribution < 1.29 is 18.2 Å². The Morgan fingerprint density at radius 2 is 1.34 bits per heavy atom. The summed E-state index contributed by atoms with van der Waals surface area (Å²) in [6.07, 6.45) is 0. The minimum atomic E-state index is -0.385. The molecule has 0 amide bonds. The molecule has 0 saturated heterocycles. The Morgan fingerprint density at radius 3 is 1.84 bits per heavy atom. The maximum absolute atomic E-state index is 4.49. The third-order valence-corrected chi connectivity index (χ3v) is 7.27. The Hall–Kier alpha value is -1.78. The summed E-state index contributed by atoms with van der Waals surface area (Å²) in [7, 11) is 8.30. The van der Waals surface area contributed by atoms with Gasteiger partial charge in [0, 0.05) is 6.04 Å². The Balaban J connectivity index is 0.000000211. The number of halogens is 1. The van der Waals surface area contributed by atoms with E-state index in [-0.39, 0.29) is 7.92 Å². The second kappa shape index (κ2) is 14.4. The van der Waals surface area contributed by atoms with Crippen LogP contribution < -0.4 is 10.6 Å². The Labute approximate surface area is 209 Å². The first kappa shape index (κ1) is 26.5. The number of benzene rings is 4. The van der Waals surface area contributed by atoms with Gasteiger partial charge in [-0.3, -0.25) is 0 Å². The van der Waals surface area contributed by atoms with Crippen LogP contribution in [-0.4, -0.2) is 19.0 Å². The molecule has 32 heavy (non-hydrogen) atoms. The van der Waals surface area contributed by atoms with E-state index in [9.17, 15) is 0 Å². The van der Waals surface area contributed by atoms with E-state index in [0.29, 0.717) is 6.04 Å². The molecule has 0 N–H and O–H groups in total. The second-order valence-corrected chi connectivity index (χ2v) is 9.48. The Kier molecular flexibility index (Phi) is 11.9. The average molecular weight is 552 g/mol. The molecular formula is C28H29ClNPPd. The van der Waals surface area contributed by atoms with Crippen molar-refractivity contribution in [1.29, 1.82) is 0 Å². The van der Waals surface area contributed by atoms with Gasteiger partial charge in [0.1, 0.15) is 0 Å². The summed E-state index contributed by atoms with van der Waals surface area (Å²) >= 11 is 2.22. The minimum absolute atomic E-state index is 0.385. The first-order valence-electron chi connectivity index (χ1n) is 10.3. The van der Waals surface area contributed by atoms with Gasteiger partial charge in [0.05, 0.1) is 0 Å². The summed E-state index contributed by atoms with van der Waals surface area (Å²) in [5.41, 5.74) is 1.28. The topological polar surface area (TPSA) is 3.24 Å². The zero-order valence-electron chi connectivity index (χ0n) is 18.7. The van der Waals surface area contributed by atoms with Gasteiger partial charge in [0.15, 0.2) is 0 Å². The molecule has 0 aliphatic carbocycles. The summed E-state index contributed by atoms with van der Waals surface area (Å²) in [6.45, 7) is 6.15. The van der Waals surface area contributed by atoms with E-state index in [1.165, 1.54) is 26.9 Å². The van der Waals surface area contributed by atoms with Crippen LogP contribution in [0.15, 0.2) is 109 Å². The van der Waals surface area contributed by atoms with Gasteiger partial charge in [-0.1, -0.05) is 91.3 Å². The van der Waals surface area contributed by atoms with Crippen molar-refractivity contribution in [3.05, 3.63) is 121 Å². The summed E-state index contributed by atoms with van der Waals surface area (Å²) in [5, 5.41) is 5.31. The number of nitrogens with zero attached hydrogens (tertiary/aromatic N) is 1. The van der Waals surface area contributed by atoms with Crippen molar-refractivity contribution in [3.63, 3.8) is 0 Å². The van der Waals surface area contributed by atoms with E-state index in [1.807, 2.05) is 18.2 Å². The maximum atomic E-state index is 4.49. The van der Waals surface area contributed by atoms with Crippen LogP contribution in [-0.2, 0) is 18.2 Å². The quantitative estimate of drug-likeness (QED) is 0.144. The summed E-state index contributed by atoms with van der Waals surface area (Å²) < 4.78 is 0. The molecule has 0 spiro atoms. The summed E-state index contributed by atoms with van der Waals surface area (Å²) in [6, 6.07) is 37.4. The molecule has 0 fully saturated rings. The van der Waals surface area contributed by atoms with Crippen LogP contribution in [0.3, 0.4) is 0 Å². The Morgan fingerprint density at radius 1 is 0.844 bits per heavy atom. The predicted octanol–water partition coefficient (Wildman–Crippen LogP) is 7.21. The molecule has 0 aliphatic heterocycles. The van der Waals surface area contributed by atoms with Gasteiger partial charge < -0.3 is 4.90 Å². The van der Waals surface area contributed by atoms with Crippen molar-refractivity contribution >= 4 is 38.8 Å². The van der Waals surface area contributed by atoms with Gasteiger partial charge in [-0.05, 0) is 39.5 Å². The van der Waals surface area contributed by atoms with Gasteiger partial charge in [-0.25, -0.2) is 0 Å². The molecule has 0 aromatic heterocycles. The van der Waals surface area contributed by atoms with Gasteiger partial charge in [-0.2, -0.15) is 18.2 Å². The molecule has 0 unspecified atom stereocenters. The molecule has 4 aromatic carbocycles. The van der Waals surface area contributed by atoms with Crippen LogP contribution in [0.5, 0.6) is 0 Å². The van der Waals surface area contributed by atoms with Crippen LogP contribution in [0.1, 0.15) is 18.5 Å². The third-order valence-electron chi connectivity index (χ3n) is 5.20. The van der Waals surface area contributed by atoms with Gasteiger partial charge >= 0.3 is 27.7 Å². The SMILES string of the molecule is C=CP(c1ccccc1)c1ccccc1.C[C@H](c1[c-]ccc2ccccc12)N(C)C.[Cl][Pd+]. The van der Waals surface area contributed by atoms with Gasteiger partial charge in [0.25, 0.3) is 0 Å². The van der Waals surface area contributed by atoms with Crippen LogP contribution >= 0.6 is 17.5 Å². The number of rotatable bonds is 5. The van der Waals surface area contributed by atoms with Crippen LogP contribution in [0.4, 0.5) is 0 Å². The van der Waals surface area contributed by atoms with E-state index >= 15 is 0 Å². The Bertz CT molecular complexity index is 1030. The molecule has 0 heterocycles. The molecule has 0 bridgehead atoms. The summed E-state index contributed by atoms with van der Waals surface area (Å²) in [4.78, 5) is 2.21. The molecule has 0 aliphatic rings. The molecule has 0 radical (unpaired) electrons. The zero-order valence-corrected chi connectivity index (χ0v) is 21.9. The van der Waals surface area contributed by atoms with Gasteiger partial charge in [-0.15, -0.1) is 22.4 Å². The fourth-order valence-electron chi connectivity index (χ4n) is 3.33. The molecule has 1 atom stereocenters. The second-order valence-electron chi connectivity index (χ2n) is 7.34. The predicted molar refractivity (Wildman–Crippen MR) is 140 cm³/mol. The van der Waals surface area contributed by atoms with Crippen LogP contribution in [0.25, 0.3) is 10.8 Å². The monoisotopic (exact) mass is 551 g/mol. The van der Waals surface area contributed by atoms with Crippen molar-refractivity contribution in [2.45, 2.75) is 13.0 Å². The van der Waals surface area contributed by atoms with Crippen LogP contribution in [0.2, 0.25) is 0 Å². The first-order chi connectivity index (χ1) is 15.6. The average Bonchev–Trinajstić information content (AvgIpc) is 2.86. The molecular weight excluding hydrogens is 523 g/mol. The van der Waals surface area contributed by atoms with Crippen molar-refractivity contribution in [2.24, 2.45) is 0 Å². The van der Waals surface area contributed by atoms with Crippen molar-refractivity contribution in [1.82, 2.24) is 4.90 Å². The molecule has 4 aromatic rings. The van der Waals surface area contributed by atoms with Crippen LogP contribution in [0, 0.1) is 6.07 Å². The van der Waals surface area contributed by atoms with E-state index in [1.54, 1.807) is 0 Å². The van der Waals surface area contributed by atoms with Crippen molar-refractivity contribution in [3.8, 4) is 0 Å². The zero-order chi connectivity index (χ0) is 23.3. The van der Waals surface area contributed by atoms with Gasteiger partial charge in [0.2, 0.25) is 0 Å². The van der Waals surface area contributed by atoms with E-state index in [2.05, 4.69) is 151 Å². The normalized spacial score (nSPS) is 11.2. The summed E-state index contributed by atoms with van der Waals surface area (Å²) in [5.74, 6) is 2.06. The first-order valence-corrected chi connectivity index (χ1v) is 13.7. The number of hydrogen-bond donors (Lipinski definition) is 0. The van der Waals surface area contributed by atoms with E-state index in [0.717, 1.165) is 0 Å². The molecule has 1 nitrogen and oxygen atoms in total. The molecule has 4 heteroatoms. The third kappa shape index (κ3) is 7.38. The number of hydrogen-bond acceptors (Lipinski definition) is 1. The van der Waals surface area contributed by atoms with E-state index < -0.39 is 0 Å². The van der Waals surface area contributed by atoms with E-state index in [4.69, 9.17) is 0 Å². The fraction of sp³-hybridized carbons (Fsp3) is 0.143. The molecule has 4 rings (SSSR count).